The number of aromatic nitrogens is 2. The van der Waals surface area contributed by atoms with Crippen molar-refractivity contribution in [3.63, 3.8) is 0 Å². The minimum atomic E-state index is -0.195. The Balaban J connectivity index is 2.40. The molecule has 0 spiro atoms. The second-order valence-electron chi connectivity index (χ2n) is 5.47. The van der Waals surface area contributed by atoms with Crippen LogP contribution in [0.15, 0.2) is 0 Å². The summed E-state index contributed by atoms with van der Waals surface area (Å²) in [5.41, 5.74) is 2.34. The molecule has 1 N–H and O–H groups in total. The molecule has 2 unspecified atom stereocenters. The molecule has 0 saturated carbocycles. The van der Waals surface area contributed by atoms with E-state index in [-0.39, 0.29) is 11.6 Å². The molecule has 0 amide bonds. The van der Waals surface area contributed by atoms with Gasteiger partial charge in [0.05, 0.1) is 17.3 Å². The lowest BCUT2D eigenvalue weighted by atomic mass is 9.94. The van der Waals surface area contributed by atoms with E-state index in [0.717, 1.165) is 37.1 Å². The van der Waals surface area contributed by atoms with Gasteiger partial charge in [-0.05, 0) is 38.7 Å². The van der Waals surface area contributed by atoms with Crippen LogP contribution in [-0.4, -0.2) is 28.4 Å². The van der Waals surface area contributed by atoms with E-state index in [0.29, 0.717) is 11.4 Å². The summed E-state index contributed by atoms with van der Waals surface area (Å²) < 4.78 is 5.62. The van der Waals surface area contributed by atoms with Gasteiger partial charge in [0.15, 0.2) is 5.82 Å². The first-order valence-corrected chi connectivity index (χ1v) is 7.24. The molecule has 0 aliphatic carbocycles. The van der Waals surface area contributed by atoms with Crippen molar-refractivity contribution in [1.29, 1.82) is 5.26 Å². The molecule has 2 heterocycles. The third-order valence-electron chi connectivity index (χ3n) is 4.25. The maximum Gasteiger partial charge on any atom is 0.167 e. The molecule has 0 aromatic carbocycles. The van der Waals surface area contributed by atoms with E-state index in [9.17, 15) is 5.26 Å². The first-order chi connectivity index (χ1) is 9.55. The van der Waals surface area contributed by atoms with E-state index in [1.165, 1.54) is 0 Å². The Morgan fingerprint density at radius 1 is 1.40 bits per heavy atom. The van der Waals surface area contributed by atoms with Gasteiger partial charge in [0.1, 0.15) is 11.6 Å². The van der Waals surface area contributed by atoms with Crippen LogP contribution >= 0.6 is 0 Å². The van der Waals surface area contributed by atoms with Gasteiger partial charge in [-0.3, -0.25) is 0 Å². The van der Waals surface area contributed by atoms with E-state index < -0.39 is 0 Å². The SMILES string of the molecule is CCc1nnc(NC2(C)CCOC2C)c(C#N)c1CC. The fourth-order valence-electron chi connectivity index (χ4n) is 2.65. The minimum absolute atomic E-state index is 0.0896. The Bertz CT molecular complexity index is 537. The molecule has 108 valence electrons. The highest BCUT2D eigenvalue weighted by atomic mass is 16.5. The molecule has 1 aliphatic rings. The number of ether oxygens (including phenoxy) is 1. The molecule has 1 aliphatic heterocycles. The number of nitriles is 1. The zero-order valence-corrected chi connectivity index (χ0v) is 12.7. The molecule has 1 saturated heterocycles. The highest BCUT2D eigenvalue weighted by Crippen LogP contribution is 2.31. The molecule has 0 bridgehead atoms. The first-order valence-electron chi connectivity index (χ1n) is 7.24. The van der Waals surface area contributed by atoms with Crippen LogP contribution in [0.3, 0.4) is 0 Å². The topological polar surface area (TPSA) is 70.8 Å². The van der Waals surface area contributed by atoms with Gasteiger partial charge in [-0.15, -0.1) is 5.10 Å². The molecular weight excluding hydrogens is 252 g/mol. The Kier molecular flexibility index (Phi) is 4.24. The van der Waals surface area contributed by atoms with E-state index in [2.05, 4.69) is 28.5 Å². The monoisotopic (exact) mass is 274 g/mol. The summed E-state index contributed by atoms with van der Waals surface area (Å²) in [7, 11) is 0. The van der Waals surface area contributed by atoms with Gasteiger partial charge in [0.25, 0.3) is 0 Å². The number of rotatable bonds is 4. The summed E-state index contributed by atoms with van der Waals surface area (Å²) in [6, 6.07) is 2.29. The second kappa shape index (κ2) is 5.76. The zero-order valence-electron chi connectivity index (χ0n) is 12.7. The van der Waals surface area contributed by atoms with Crippen molar-refractivity contribution in [3.8, 4) is 6.07 Å². The number of nitrogens with one attached hydrogen (secondary N) is 1. The summed E-state index contributed by atoms with van der Waals surface area (Å²) in [6.07, 6.45) is 2.57. The number of anilines is 1. The van der Waals surface area contributed by atoms with Crippen LogP contribution < -0.4 is 5.32 Å². The summed E-state index contributed by atoms with van der Waals surface area (Å²) in [4.78, 5) is 0. The molecule has 1 fully saturated rings. The molecule has 1 aromatic rings. The lowest BCUT2D eigenvalue weighted by Crippen LogP contribution is -2.42. The molecule has 0 radical (unpaired) electrons. The molecular formula is C15H22N4O. The molecule has 1 aromatic heterocycles. The summed E-state index contributed by atoms with van der Waals surface area (Å²) >= 11 is 0. The first kappa shape index (κ1) is 14.7. The molecule has 20 heavy (non-hydrogen) atoms. The van der Waals surface area contributed by atoms with Gasteiger partial charge in [0, 0.05) is 6.61 Å². The third-order valence-corrected chi connectivity index (χ3v) is 4.25. The van der Waals surface area contributed by atoms with E-state index in [1.807, 2.05) is 20.8 Å². The minimum Gasteiger partial charge on any atom is -0.376 e. The fourth-order valence-corrected chi connectivity index (χ4v) is 2.65. The van der Waals surface area contributed by atoms with Gasteiger partial charge in [-0.2, -0.15) is 10.4 Å². The summed E-state index contributed by atoms with van der Waals surface area (Å²) in [6.45, 7) is 8.95. The number of hydrogen-bond acceptors (Lipinski definition) is 5. The van der Waals surface area contributed by atoms with Gasteiger partial charge >= 0.3 is 0 Å². The zero-order chi connectivity index (χ0) is 14.8. The van der Waals surface area contributed by atoms with Crippen molar-refractivity contribution in [2.45, 2.75) is 58.6 Å². The standard InChI is InChI=1S/C15H22N4O/c1-5-11-12(9-16)14(19-18-13(11)6-2)17-15(4)7-8-20-10(15)3/h10H,5-8H2,1-4H3,(H,17,19). The van der Waals surface area contributed by atoms with Crippen molar-refractivity contribution >= 4 is 5.82 Å². The third kappa shape index (κ3) is 2.48. The predicted octanol–water partition coefficient (Wildman–Crippen LogP) is 2.45. The maximum atomic E-state index is 9.49. The largest absolute Gasteiger partial charge is 0.376 e. The van der Waals surface area contributed by atoms with Gasteiger partial charge in [-0.25, -0.2) is 0 Å². The van der Waals surface area contributed by atoms with Crippen LogP contribution in [0.1, 0.15) is 50.9 Å². The predicted molar refractivity (Wildman–Crippen MR) is 77.6 cm³/mol. The molecule has 2 atom stereocenters. The highest BCUT2D eigenvalue weighted by Gasteiger charge is 2.38. The van der Waals surface area contributed by atoms with Crippen LogP contribution in [0.5, 0.6) is 0 Å². The smallest absolute Gasteiger partial charge is 0.167 e. The Hall–Kier alpha value is -1.67. The van der Waals surface area contributed by atoms with E-state index in [1.54, 1.807) is 0 Å². The fraction of sp³-hybridized carbons (Fsp3) is 0.667. The number of aryl methyl sites for hydroxylation is 1. The van der Waals surface area contributed by atoms with Crippen molar-refractivity contribution in [2.75, 3.05) is 11.9 Å². The lowest BCUT2D eigenvalue weighted by molar-refractivity contribution is 0.105. The average molecular weight is 274 g/mol. The average Bonchev–Trinajstić information content (AvgIpc) is 2.77. The van der Waals surface area contributed by atoms with Crippen LogP contribution in [0.4, 0.5) is 5.82 Å². The Morgan fingerprint density at radius 3 is 2.65 bits per heavy atom. The Morgan fingerprint density at radius 2 is 2.15 bits per heavy atom. The van der Waals surface area contributed by atoms with Crippen molar-refractivity contribution in [1.82, 2.24) is 10.2 Å². The van der Waals surface area contributed by atoms with Gasteiger partial charge in [0.2, 0.25) is 0 Å². The highest BCUT2D eigenvalue weighted by molar-refractivity contribution is 5.57. The number of nitrogens with zero attached hydrogens (tertiary/aromatic N) is 3. The number of hydrogen-bond donors (Lipinski definition) is 1. The normalized spacial score (nSPS) is 25.4. The van der Waals surface area contributed by atoms with Crippen molar-refractivity contribution in [3.05, 3.63) is 16.8 Å². The van der Waals surface area contributed by atoms with E-state index in [4.69, 9.17) is 4.74 Å². The van der Waals surface area contributed by atoms with Crippen molar-refractivity contribution in [2.24, 2.45) is 0 Å². The summed E-state index contributed by atoms with van der Waals surface area (Å²) in [5.74, 6) is 0.585. The van der Waals surface area contributed by atoms with Crippen molar-refractivity contribution < 1.29 is 4.74 Å². The van der Waals surface area contributed by atoms with Crippen LogP contribution in [0, 0.1) is 11.3 Å². The van der Waals surface area contributed by atoms with Gasteiger partial charge < -0.3 is 10.1 Å². The molecule has 2 rings (SSSR count). The molecule has 5 heteroatoms. The summed E-state index contributed by atoms with van der Waals surface area (Å²) in [5, 5.41) is 21.4. The molecule has 5 nitrogen and oxygen atoms in total. The lowest BCUT2D eigenvalue weighted by Gasteiger charge is -2.30. The van der Waals surface area contributed by atoms with Crippen LogP contribution in [0.2, 0.25) is 0 Å². The van der Waals surface area contributed by atoms with Crippen LogP contribution in [0.25, 0.3) is 0 Å². The van der Waals surface area contributed by atoms with Crippen LogP contribution in [-0.2, 0) is 17.6 Å². The quantitative estimate of drug-likeness (QED) is 0.913. The second-order valence-corrected chi connectivity index (χ2v) is 5.47. The van der Waals surface area contributed by atoms with Gasteiger partial charge in [-0.1, -0.05) is 13.8 Å². The van der Waals surface area contributed by atoms with E-state index >= 15 is 0 Å². The maximum absolute atomic E-state index is 9.49. The Labute approximate surface area is 120 Å².